The molecule has 10 heteroatoms. The maximum atomic E-state index is 12.4. The van der Waals surface area contributed by atoms with Crippen molar-refractivity contribution in [2.45, 2.75) is 64.1 Å². The highest BCUT2D eigenvalue weighted by Gasteiger charge is 2.29. The van der Waals surface area contributed by atoms with E-state index >= 15 is 0 Å². The average Bonchev–Trinajstić information content (AvgIpc) is 2.84. The summed E-state index contributed by atoms with van der Waals surface area (Å²) in [5.74, 6) is 1.44. The van der Waals surface area contributed by atoms with Gasteiger partial charge in [0.2, 0.25) is 5.95 Å². The number of carbonyl (C=O) groups excluding carboxylic acids is 1. The normalized spacial score (nSPS) is 17.8. The fourth-order valence-electron chi connectivity index (χ4n) is 4.50. The molecule has 1 fully saturated rings. The van der Waals surface area contributed by atoms with Crippen LogP contribution in [0.15, 0.2) is 30.5 Å². The smallest absolute Gasteiger partial charge is 0.407 e. The molecule has 3 aromatic rings. The molecule has 1 aliphatic rings. The molecule has 198 valence electrons. The Morgan fingerprint density at radius 2 is 1.65 bits per heavy atom. The van der Waals surface area contributed by atoms with E-state index < -0.39 is 11.7 Å². The van der Waals surface area contributed by atoms with Crippen molar-refractivity contribution in [1.29, 1.82) is 0 Å². The molecule has 1 saturated carbocycles. The monoisotopic (exact) mass is 546 g/mol. The van der Waals surface area contributed by atoms with Gasteiger partial charge in [-0.1, -0.05) is 42.1 Å². The Hall–Kier alpha value is -2.97. The summed E-state index contributed by atoms with van der Waals surface area (Å²) in [5, 5.41) is 8.05. The second kappa shape index (κ2) is 11.2. The predicted molar refractivity (Wildman–Crippen MR) is 147 cm³/mol. The summed E-state index contributed by atoms with van der Waals surface area (Å²) in [6.45, 7) is 5.55. The second-order valence-corrected chi connectivity index (χ2v) is 10.8. The zero-order valence-corrected chi connectivity index (χ0v) is 23.2. The van der Waals surface area contributed by atoms with E-state index in [1.807, 2.05) is 39.0 Å². The van der Waals surface area contributed by atoms with Crippen molar-refractivity contribution in [1.82, 2.24) is 15.3 Å². The molecule has 1 aliphatic carbocycles. The van der Waals surface area contributed by atoms with Crippen molar-refractivity contribution in [2.75, 3.05) is 19.5 Å². The third-order valence-corrected chi connectivity index (χ3v) is 6.98. The van der Waals surface area contributed by atoms with E-state index in [0.717, 1.165) is 42.1 Å². The van der Waals surface area contributed by atoms with Crippen LogP contribution in [0.1, 0.15) is 46.5 Å². The zero-order chi connectivity index (χ0) is 26.7. The number of anilines is 1. The number of hydrogen-bond acceptors (Lipinski definition) is 7. The minimum atomic E-state index is -0.549. The van der Waals surface area contributed by atoms with Gasteiger partial charge >= 0.3 is 6.09 Å². The summed E-state index contributed by atoms with van der Waals surface area (Å²) < 4.78 is 16.2. The van der Waals surface area contributed by atoms with Crippen LogP contribution in [-0.4, -0.2) is 48.0 Å². The molecule has 0 aliphatic heterocycles. The van der Waals surface area contributed by atoms with Gasteiger partial charge in [-0.05, 0) is 51.3 Å². The number of benzene rings is 2. The van der Waals surface area contributed by atoms with Crippen LogP contribution in [0.2, 0.25) is 10.0 Å². The van der Waals surface area contributed by atoms with Crippen molar-refractivity contribution in [3.8, 4) is 22.6 Å². The van der Waals surface area contributed by atoms with E-state index in [1.165, 1.54) is 0 Å². The van der Waals surface area contributed by atoms with Crippen molar-refractivity contribution >= 4 is 46.1 Å². The standard InChI is InChI=1S/C27H32Cl2N4O4/c1-27(2,3)37-26(34)33-19-9-7-6-8-18(19)32-25-30-14-16-12-15(10-11-17(16)31-25)22-23(28)20(35-4)13-21(36-5)24(22)29/h10-14,18-19H,6-9H2,1-5H3,(H,33,34)(H,30,31,32). The first-order chi connectivity index (χ1) is 17.6. The number of nitrogens with one attached hydrogen (secondary N) is 2. The molecule has 0 radical (unpaired) electrons. The van der Waals surface area contributed by atoms with Crippen LogP contribution in [0.25, 0.3) is 22.0 Å². The van der Waals surface area contributed by atoms with Gasteiger partial charge in [-0.3, -0.25) is 0 Å². The Morgan fingerprint density at radius 3 is 2.27 bits per heavy atom. The first-order valence-corrected chi connectivity index (χ1v) is 13.0. The number of ether oxygens (including phenoxy) is 3. The number of alkyl carbamates (subject to hydrolysis) is 1. The molecule has 1 aromatic heterocycles. The van der Waals surface area contributed by atoms with Gasteiger partial charge in [0.25, 0.3) is 0 Å². The van der Waals surface area contributed by atoms with Gasteiger partial charge in [-0.25, -0.2) is 14.8 Å². The highest BCUT2D eigenvalue weighted by Crippen LogP contribution is 2.46. The number of amides is 1. The Bertz CT molecular complexity index is 1270. The number of halogens is 2. The van der Waals surface area contributed by atoms with Gasteiger partial charge in [0.05, 0.1) is 35.8 Å². The minimum absolute atomic E-state index is 0.000136. The average molecular weight is 547 g/mol. The first kappa shape index (κ1) is 27.1. The Labute approximate surface area is 227 Å². The fraction of sp³-hybridized carbons (Fsp3) is 0.444. The first-order valence-electron chi connectivity index (χ1n) is 12.2. The Morgan fingerprint density at radius 1 is 1.00 bits per heavy atom. The van der Waals surface area contributed by atoms with Gasteiger partial charge in [0.1, 0.15) is 17.1 Å². The van der Waals surface area contributed by atoms with E-state index in [1.54, 1.807) is 26.5 Å². The molecule has 2 atom stereocenters. The van der Waals surface area contributed by atoms with E-state index in [0.29, 0.717) is 33.1 Å². The number of rotatable bonds is 6. The molecule has 1 amide bonds. The van der Waals surface area contributed by atoms with Crippen LogP contribution in [0, 0.1) is 0 Å². The molecule has 0 spiro atoms. The van der Waals surface area contributed by atoms with Gasteiger partial charge in [-0.2, -0.15) is 0 Å². The maximum Gasteiger partial charge on any atom is 0.407 e. The van der Waals surface area contributed by atoms with Crippen LogP contribution in [0.4, 0.5) is 10.7 Å². The molecule has 2 unspecified atom stereocenters. The predicted octanol–water partition coefficient (Wildman–Crippen LogP) is 6.87. The van der Waals surface area contributed by atoms with Crippen LogP contribution >= 0.6 is 23.2 Å². The van der Waals surface area contributed by atoms with E-state index in [9.17, 15) is 4.79 Å². The number of carbonyl (C=O) groups is 1. The van der Waals surface area contributed by atoms with E-state index in [-0.39, 0.29) is 12.1 Å². The number of methoxy groups -OCH3 is 2. The van der Waals surface area contributed by atoms with E-state index in [4.69, 9.17) is 42.4 Å². The van der Waals surface area contributed by atoms with Crippen LogP contribution in [-0.2, 0) is 4.74 Å². The molecule has 37 heavy (non-hydrogen) atoms. The highest BCUT2D eigenvalue weighted by molar-refractivity contribution is 6.41. The fourth-order valence-corrected chi connectivity index (χ4v) is 5.22. The summed E-state index contributed by atoms with van der Waals surface area (Å²) in [6.07, 6.45) is 5.21. The van der Waals surface area contributed by atoms with Crippen molar-refractivity contribution < 1.29 is 19.0 Å². The molecule has 1 heterocycles. The topological polar surface area (TPSA) is 94.6 Å². The summed E-state index contributed by atoms with van der Waals surface area (Å²) in [4.78, 5) is 21.6. The Kier molecular flexibility index (Phi) is 8.19. The molecule has 0 bridgehead atoms. The zero-order valence-electron chi connectivity index (χ0n) is 21.7. The molecule has 2 N–H and O–H groups in total. The lowest BCUT2D eigenvalue weighted by Crippen LogP contribution is -2.50. The molecule has 8 nitrogen and oxygen atoms in total. The van der Waals surface area contributed by atoms with Crippen molar-refractivity contribution in [3.63, 3.8) is 0 Å². The number of fused-ring (bicyclic) bond motifs is 1. The van der Waals surface area contributed by atoms with Crippen molar-refractivity contribution in [2.24, 2.45) is 0 Å². The largest absolute Gasteiger partial charge is 0.495 e. The number of aromatic nitrogens is 2. The van der Waals surface area contributed by atoms with E-state index in [2.05, 4.69) is 15.6 Å². The SMILES string of the molecule is COc1cc(OC)c(Cl)c(-c2ccc3nc(NC4CCCCC4NC(=O)OC(C)(C)C)ncc3c2)c1Cl. The molecule has 0 saturated heterocycles. The lowest BCUT2D eigenvalue weighted by Gasteiger charge is -2.33. The van der Waals surface area contributed by atoms with Gasteiger partial charge in [0.15, 0.2) is 0 Å². The molecule has 4 rings (SSSR count). The summed E-state index contributed by atoms with van der Waals surface area (Å²) in [7, 11) is 3.09. The van der Waals surface area contributed by atoms with Crippen LogP contribution in [0.3, 0.4) is 0 Å². The summed E-state index contributed by atoms with van der Waals surface area (Å²) in [5.41, 5.74) is 1.61. The molecular formula is C27H32Cl2N4O4. The third kappa shape index (κ3) is 6.30. The van der Waals surface area contributed by atoms with Crippen LogP contribution < -0.4 is 20.1 Å². The molecular weight excluding hydrogens is 515 g/mol. The minimum Gasteiger partial charge on any atom is -0.495 e. The summed E-state index contributed by atoms with van der Waals surface area (Å²) >= 11 is 13.2. The van der Waals surface area contributed by atoms with Crippen molar-refractivity contribution in [3.05, 3.63) is 40.5 Å². The Balaban J connectivity index is 1.57. The van der Waals surface area contributed by atoms with Gasteiger partial charge in [-0.15, -0.1) is 0 Å². The number of hydrogen-bond donors (Lipinski definition) is 2. The van der Waals surface area contributed by atoms with Gasteiger partial charge < -0.3 is 24.8 Å². The number of nitrogens with zero attached hydrogens (tertiary/aromatic N) is 2. The quantitative estimate of drug-likeness (QED) is 0.348. The lowest BCUT2D eigenvalue weighted by atomic mass is 9.90. The third-order valence-electron chi connectivity index (χ3n) is 6.22. The second-order valence-electron chi connectivity index (χ2n) is 10.0. The summed E-state index contributed by atoms with van der Waals surface area (Å²) in [6, 6.07) is 7.31. The maximum absolute atomic E-state index is 12.4. The van der Waals surface area contributed by atoms with Gasteiger partial charge in [0, 0.05) is 29.3 Å². The van der Waals surface area contributed by atoms with Crippen LogP contribution in [0.5, 0.6) is 11.5 Å². The highest BCUT2D eigenvalue weighted by atomic mass is 35.5. The molecule has 2 aromatic carbocycles. The lowest BCUT2D eigenvalue weighted by molar-refractivity contribution is 0.0488.